The summed E-state index contributed by atoms with van der Waals surface area (Å²) in [4.78, 5) is 13.3. The van der Waals surface area contributed by atoms with Crippen molar-refractivity contribution >= 4 is 6.09 Å². The lowest BCUT2D eigenvalue weighted by Gasteiger charge is -2.38. The molecule has 0 aromatic carbocycles. The van der Waals surface area contributed by atoms with Crippen LogP contribution in [0.25, 0.3) is 0 Å². The number of hydrogen-bond acceptors (Lipinski definition) is 3. The number of ether oxygens (including phenoxy) is 1. The van der Waals surface area contributed by atoms with Crippen molar-refractivity contribution in [2.75, 3.05) is 19.7 Å². The smallest absolute Gasteiger partial charge is 0.410 e. The monoisotopic (exact) mass is 186 g/mol. The molecule has 0 radical (unpaired) electrons. The molecule has 1 aliphatic rings. The van der Waals surface area contributed by atoms with Gasteiger partial charge in [0.15, 0.2) is 0 Å². The van der Waals surface area contributed by atoms with E-state index in [9.17, 15) is 4.79 Å². The van der Waals surface area contributed by atoms with Gasteiger partial charge in [-0.05, 0) is 20.8 Å². The Morgan fingerprint density at radius 1 is 1.46 bits per heavy atom. The van der Waals surface area contributed by atoms with E-state index in [4.69, 9.17) is 4.74 Å². The SMILES string of the molecule is CCOC(=O)N1C(C)CNCC1C. The minimum absolute atomic E-state index is 0.191. The lowest BCUT2D eigenvalue weighted by molar-refractivity contribution is 0.0643. The van der Waals surface area contributed by atoms with Crippen LogP contribution in [-0.2, 0) is 4.74 Å². The van der Waals surface area contributed by atoms with E-state index in [1.165, 1.54) is 0 Å². The quantitative estimate of drug-likeness (QED) is 0.659. The van der Waals surface area contributed by atoms with Gasteiger partial charge < -0.3 is 15.0 Å². The molecule has 0 spiro atoms. The summed E-state index contributed by atoms with van der Waals surface area (Å²) in [5, 5.41) is 3.26. The molecule has 13 heavy (non-hydrogen) atoms. The number of amides is 1. The second-order valence-corrected chi connectivity index (χ2v) is 3.46. The number of hydrogen-bond donors (Lipinski definition) is 1. The van der Waals surface area contributed by atoms with Crippen LogP contribution in [0.4, 0.5) is 4.79 Å². The Morgan fingerprint density at radius 3 is 2.46 bits per heavy atom. The van der Waals surface area contributed by atoms with Gasteiger partial charge >= 0.3 is 6.09 Å². The van der Waals surface area contributed by atoms with Crippen molar-refractivity contribution in [2.45, 2.75) is 32.9 Å². The fourth-order valence-corrected chi connectivity index (χ4v) is 1.69. The first-order valence-corrected chi connectivity index (χ1v) is 4.82. The lowest BCUT2D eigenvalue weighted by Crippen LogP contribution is -2.57. The lowest BCUT2D eigenvalue weighted by atomic mass is 10.1. The standard InChI is InChI=1S/C9H18N2O2/c1-4-13-9(12)11-7(2)5-10-6-8(11)3/h7-8,10H,4-6H2,1-3H3. The highest BCUT2D eigenvalue weighted by atomic mass is 16.6. The van der Waals surface area contributed by atoms with E-state index in [0.717, 1.165) is 13.1 Å². The summed E-state index contributed by atoms with van der Waals surface area (Å²) in [7, 11) is 0. The zero-order chi connectivity index (χ0) is 9.84. The third-order valence-electron chi connectivity index (χ3n) is 2.31. The van der Waals surface area contributed by atoms with Crippen molar-refractivity contribution < 1.29 is 9.53 Å². The van der Waals surface area contributed by atoms with Crippen molar-refractivity contribution in [1.29, 1.82) is 0 Å². The van der Waals surface area contributed by atoms with E-state index >= 15 is 0 Å². The van der Waals surface area contributed by atoms with Crippen molar-refractivity contribution in [3.63, 3.8) is 0 Å². The van der Waals surface area contributed by atoms with Crippen LogP contribution in [0.5, 0.6) is 0 Å². The van der Waals surface area contributed by atoms with E-state index in [1.54, 1.807) is 4.90 Å². The van der Waals surface area contributed by atoms with Gasteiger partial charge in [-0.2, -0.15) is 0 Å². The highest BCUT2D eigenvalue weighted by molar-refractivity contribution is 5.68. The average Bonchev–Trinajstić information content (AvgIpc) is 2.04. The maximum Gasteiger partial charge on any atom is 0.410 e. The van der Waals surface area contributed by atoms with Gasteiger partial charge in [0.2, 0.25) is 0 Å². The first-order valence-electron chi connectivity index (χ1n) is 4.82. The van der Waals surface area contributed by atoms with E-state index in [-0.39, 0.29) is 18.2 Å². The highest BCUT2D eigenvalue weighted by Gasteiger charge is 2.29. The van der Waals surface area contributed by atoms with Gasteiger partial charge in [-0.25, -0.2) is 4.79 Å². The minimum atomic E-state index is -0.191. The first-order chi connectivity index (χ1) is 6.16. The molecule has 1 fully saturated rings. The van der Waals surface area contributed by atoms with Gasteiger partial charge in [-0.15, -0.1) is 0 Å². The number of carbonyl (C=O) groups is 1. The molecular formula is C9H18N2O2. The van der Waals surface area contributed by atoms with E-state index in [2.05, 4.69) is 5.32 Å². The van der Waals surface area contributed by atoms with Crippen molar-refractivity contribution in [3.8, 4) is 0 Å². The number of nitrogens with one attached hydrogen (secondary N) is 1. The fourth-order valence-electron chi connectivity index (χ4n) is 1.69. The summed E-state index contributed by atoms with van der Waals surface area (Å²) >= 11 is 0. The maximum atomic E-state index is 11.5. The number of rotatable bonds is 1. The molecule has 1 saturated heterocycles. The summed E-state index contributed by atoms with van der Waals surface area (Å²) < 4.78 is 4.98. The Bertz CT molecular complexity index is 174. The molecule has 1 aliphatic heterocycles. The van der Waals surface area contributed by atoms with Crippen LogP contribution in [-0.4, -0.2) is 42.8 Å². The second-order valence-electron chi connectivity index (χ2n) is 3.46. The first kappa shape index (κ1) is 10.3. The maximum absolute atomic E-state index is 11.5. The molecule has 1 amide bonds. The Morgan fingerprint density at radius 2 is 2.00 bits per heavy atom. The fraction of sp³-hybridized carbons (Fsp3) is 0.889. The molecule has 2 atom stereocenters. The predicted octanol–water partition coefficient (Wildman–Crippen LogP) is 0.825. The topological polar surface area (TPSA) is 41.6 Å². The summed E-state index contributed by atoms with van der Waals surface area (Å²) in [6, 6.07) is 0.450. The molecular weight excluding hydrogens is 168 g/mol. The molecule has 1 heterocycles. The Kier molecular flexibility index (Phi) is 3.54. The molecule has 1 N–H and O–H groups in total. The number of piperazine rings is 1. The summed E-state index contributed by atoms with van der Waals surface area (Å²) in [6.45, 7) is 8.03. The molecule has 0 saturated carbocycles. The normalized spacial score (nSPS) is 28.7. The Hall–Kier alpha value is -0.770. The molecule has 0 bridgehead atoms. The molecule has 0 aliphatic carbocycles. The Labute approximate surface area is 79.2 Å². The van der Waals surface area contributed by atoms with Crippen molar-refractivity contribution in [1.82, 2.24) is 10.2 Å². The van der Waals surface area contributed by atoms with E-state index < -0.39 is 0 Å². The predicted molar refractivity (Wildman–Crippen MR) is 50.7 cm³/mol. The van der Waals surface area contributed by atoms with Gasteiger partial charge in [0.25, 0.3) is 0 Å². The van der Waals surface area contributed by atoms with Gasteiger partial charge in [0.1, 0.15) is 0 Å². The Balaban J connectivity index is 2.57. The van der Waals surface area contributed by atoms with Crippen LogP contribution in [0.15, 0.2) is 0 Å². The molecule has 1 rings (SSSR count). The van der Waals surface area contributed by atoms with E-state index in [0.29, 0.717) is 6.61 Å². The minimum Gasteiger partial charge on any atom is -0.450 e. The van der Waals surface area contributed by atoms with Gasteiger partial charge in [-0.3, -0.25) is 0 Å². The van der Waals surface area contributed by atoms with Crippen LogP contribution in [0.2, 0.25) is 0 Å². The van der Waals surface area contributed by atoms with Gasteiger partial charge in [0, 0.05) is 25.2 Å². The summed E-state index contributed by atoms with van der Waals surface area (Å²) in [5.41, 5.74) is 0. The molecule has 2 unspecified atom stereocenters. The largest absolute Gasteiger partial charge is 0.450 e. The molecule has 0 aromatic heterocycles. The zero-order valence-electron chi connectivity index (χ0n) is 8.54. The second kappa shape index (κ2) is 4.46. The third kappa shape index (κ3) is 2.34. The molecule has 76 valence electrons. The summed E-state index contributed by atoms with van der Waals surface area (Å²) in [5.74, 6) is 0. The highest BCUT2D eigenvalue weighted by Crippen LogP contribution is 2.10. The van der Waals surface area contributed by atoms with Gasteiger partial charge in [-0.1, -0.05) is 0 Å². The van der Waals surface area contributed by atoms with Crippen LogP contribution < -0.4 is 5.32 Å². The molecule has 4 nitrogen and oxygen atoms in total. The van der Waals surface area contributed by atoms with E-state index in [1.807, 2.05) is 20.8 Å². The van der Waals surface area contributed by atoms with Crippen LogP contribution >= 0.6 is 0 Å². The van der Waals surface area contributed by atoms with Crippen molar-refractivity contribution in [3.05, 3.63) is 0 Å². The molecule has 4 heteroatoms. The zero-order valence-corrected chi connectivity index (χ0v) is 8.54. The van der Waals surface area contributed by atoms with Crippen LogP contribution in [0, 0.1) is 0 Å². The number of nitrogens with zero attached hydrogens (tertiary/aromatic N) is 1. The third-order valence-corrected chi connectivity index (χ3v) is 2.31. The average molecular weight is 186 g/mol. The number of carbonyl (C=O) groups excluding carboxylic acids is 1. The summed E-state index contributed by atoms with van der Waals surface area (Å²) in [6.07, 6.45) is -0.191. The van der Waals surface area contributed by atoms with Gasteiger partial charge in [0.05, 0.1) is 6.61 Å². The molecule has 0 aromatic rings. The van der Waals surface area contributed by atoms with Crippen LogP contribution in [0.3, 0.4) is 0 Å². The van der Waals surface area contributed by atoms with Crippen LogP contribution in [0.1, 0.15) is 20.8 Å². The van der Waals surface area contributed by atoms with Crippen molar-refractivity contribution in [2.24, 2.45) is 0 Å².